The summed E-state index contributed by atoms with van der Waals surface area (Å²) < 4.78 is 16.2. The first-order valence-corrected chi connectivity index (χ1v) is 10.5. The van der Waals surface area contributed by atoms with Crippen molar-refractivity contribution in [2.45, 2.75) is 39.5 Å². The van der Waals surface area contributed by atoms with Gasteiger partial charge in [0.25, 0.3) is 5.91 Å². The summed E-state index contributed by atoms with van der Waals surface area (Å²) in [7, 11) is 4.73. The summed E-state index contributed by atoms with van der Waals surface area (Å²) in [5.41, 5.74) is 0.815. The predicted octanol–water partition coefficient (Wildman–Crippen LogP) is 4.58. The van der Waals surface area contributed by atoms with Gasteiger partial charge in [0, 0.05) is 13.1 Å². The molecule has 28 heavy (non-hydrogen) atoms. The highest BCUT2D eigenvalue weighted by Gasteiger charge is 2.32. The van der Waals surface area contributed by atoms with E-state index in [9.17, 15) is 4.79 Å². The van der Waals surface area contributed by atoms with E-state index >= 15 is 0 Å². The minimum absolute atomic E-state index is 0.00227. The van der Waals surface area contributed by atoms with Crippen LogP contribution in [0.4, 0.5) is 0 Å². The minimum Gasteiger partial charge on any atom is -0.493 e. The zero-order valence-electron chi connectivity index (χ0n) is 17.4. The molecule has 1 aliphatic rings. The van der Waals surface area contributed by atoms with Crippen molar-refractivity contribution in [1.82, 2.24) is 4.90 Å². The van der Waals surface area contributed by atoms with Crippen LogP contribution >= 0.6 is 11.8 Å². The molecule has 7 heteroatoms. The van der Waals surface area contributed by atoms with Crippen molar-refractivity contribution < 1.29 is 19.0 Å². The molecule has 0 saturated carbocycles. The molecule has 0 spiro atoms. The van der Waals surface area contributed by atoms with Crippen LogP contribution in [0.2, 0.25) is 0 Å². The molecule has 1 fully saturated rings. The molecular formula is C21H30N2O4S. The summed E-state index contributed by atoms with van der Waals surface area (Å²) in [6.45, 7) is 5.69. The summed E-state index contributed by atoms with van der Waals surface area (Å²) in [4.78, 5) is 20.1. The molecule has 1 saturated heterocycles. The van der Waals surface area contributed by atoms with Gasteiger partial charge in [-0.1, -0.05) is 26.7 Å². The molecule has 0 aliphatic carbocycles. The van der Waals surface area contributed by atoms with E-state index in [2.05, 4.69) is 18.8 Å². The number of aliphatic imine (C=N–C) groups is 1. The maximum Gasteiger partial charge on any atom is 0.266 e. The average Bonchev–Trinajstić information content (AvgIpc) is 3.00. The van der Waals surface area contributed by atoms with Crippen molar-refractivity contribution in [3.8, 4) is 17.2 Å². The minimum atomic E-state index is 0.00227. The Labute approximate surface area is 171 Å². The zero-order chi connectivity index (χ0) is 20.5. The molecule has 1 aromatic carbocycles. The number of carbonyl (C=O) groups is 1. The van der Waals surface area contributed by atoms with Crippen molar-refractivity contribution >= 4 is 28.9 Å². The lowest BCUT2D eigenvalue weighted by atomic mass is 10.1. The van der Waals surface area contributed by atoms with Gasteiger partial charge in [0.2, 0.25) is 5.75 Å². The standard InChI is InChI=1S/C21H30N2O4S/c1-6-8-10-22-21-23(11-9-7-2)20(24)18(28-21)14-15-12-16(25-3)19(27-5)17(13-15)26-4/h12-14H,6-11H2,1-5H3. The second-order valence-corrected chi connectivity index (χ2v) is 7.41. The second-order valence-electron chi connectivity index (χ2n) is 6.40. The first kappa shape index (κ1) is 22.1. The van der Waals surface area contributed by atoms with Crippen LogP contribution in [0.5, 0.6) is 17.2 Å². The van der Waals surface area contributed by atoms with Crippen LogP contribution < -0.4 is 14.2 Å². The lowest BCUT2D eigenvalue weighted by Crippen LogP contribution is -2.30. The van der Waals surface area contributed by atoms with Gasteiger partial charge >= 0.3 is 0 Å². The third kappa shape index (κ3) is 5.22. The smallest absolute Gasteiger partial charge is 0.266 e. The molecule has 0 atom stereocenters. The van der Waals surface area contributed by atoms with E-state index in [1.165, 1.54) is 11.8 Å². The fraction of sp³-hybridized carbons (Fsp3) is 0.524. The SMILES string of the molecule is CCCCN=C1SC(=Cc2cc(OC)c(OC)c(OC)c2)C(=O)N1CCCC. The van der Waals surface area contributed by atoms with Crippen molar-refractivity contribution in [3.63, 3.8) is 0 Å². The fourth-order valence-corrected chi connectivity index (χ4v) is 3.84. The van der Waals surface area contributed by atoms with E-state index in [0.717, 1.165) is 43.0 Å². The first-order chi connectivity index (χ1) is 13.6. The highest BCUT2D eigenvalue weighted by molar-refractivity contribution is 8.18. The number of nitrogens with zero attached hydrogens (tertiary/aromatic N) is 2. The predicted molar refractivity (Wildman–Crippen MR) is 115 cm³/mol. The highest BCUT2D eigenvalue weighted by Crippen LogP contribution is 2.40. The first-order valence-electron chi connectivity index (χ1n) is 9.65. The van der Waals surface area contributed by atoms with Gasteiger partial charge in [-0.05, 0) is 48.4 Å². The van der Waals surface area contributed by atoms with Gasteiger partial charge in [0.1, 0.15) is 0 Å². The van der Waals surface area contributed by atoms with E-state index in [-0.39, 0.29) is 5.91 Å². The van der Waals surface area contributed by atoms with Gasteiger partial charge in [0.15, 0.2) is 16.7 Å². The molecule has 1 amide bonds. The number of thioether (sulfide) groups is 1. The number of amidine groups is 1. The largest absolute Gasteiger partial charge is 0.493 e. The van der Waals surface area contributed by atoms with Gasteiger partial charge in [-0.2, -0.15) is 0 Å². The Hall–Kier alpha value is -2.15. The van der Waals surface area contributed by atoms with Crippen LogP contribution in [0.1, 0.15) is 45.1 Å². The molecule has 154 valence electrons. The lowest BCUT2D eigenvalue weighted by molar-refractivity contribution is -0.122. The molecule has 1 heterocycles. The molecule has 1 aliphatic heterocycles. The summed E-state index contributed by atoms with van der Waals surface area (Å²) in [5.74, 6) is 1.65. The Morgan fingerprint density at radius 2 is 1.68 bits per heavy atom. The summed E-state index contributed by atoms with van der Waals surface area (Å²) >= 11 is 1.43. The van der Waals surface area contributed by atoms with Crippen LogP contribution in [0.3, 0.4) is 0 Å². The van der Waals surface area contributed by atoms with Gasteiger partial charge < -0.3 is 14.2 Å². The molecular weight excluding hydrogens is 376 g/mol. The monoisotopic (exact) mass is 406 g/mol. The van der Waals surface area contributed by atoms with Crippen LogP contribution in [-0.4, -0.2) is 50.4 Å². The van der Waals surface area contributed by atoms with Crippen LogP contribution in [0.15, 0.2) is 22.0 Å². The molecule has 0 unspecified atom stereocenters. The number of unbranched alkanes of at least 4 members (excludes halogenated alkanes) is 2. The Kier molecular flexibility index (Phi) is 8.70. The van der Waals surface area contributed by atoms with Crippen molar-refractivity contribution in [3.05, 3.63) is 22.6 Å². The molecule has 0 bridgehead atoms. The quantitative estimate of drug-likeness (QED) is 0.420. The van der Waals surface area contributed by atoms with E-state index in [1.807, 2.05) is 18.2 Å². The zero-order valence-corrected chi connectivity index (χ0v) is 18.2. The number of ether oxygens (including phenoxy) is 3. The topological polar surface area (TPSA) is 60.4 Å². The van der Waals surface area contributed by atoms with Gasteiger partial charge in [-0.3, -0.25) is 14.7 Å². The molecule has 0 radical (unpaired) electrons. The summed E-state index contributed by atoms with van der Waals surface area (Å²) in [6, 6.07) is 3.68. The maximum atomic E-state index is 13.0. The molecule has 2 rings (SSSR count). The van der Waals surface area contributed by atoms with Crippen molar-refractivity contribution in [1.29, 1.82) is 0 Å². The van der Waals surface area contributed by atoms with Crippen molar-refractivity contribution in [2.24, 2.45) is 4.99 Å². The summed E-state index contributed by atoms with van der Waals surface area (Å²) in [5, 5.41) is 0.797. The number of methoxy groups -OCH3 is 3. The Bertz CT molecular complexity index is 721. The number of amides is 1. The molecule has 0 N–H and O–H groups in total. The number of hydrogen-bond acceptors (Lipinski definition) is 6. The van der Waals surface area contributed by atoms with Crippen LogP contribution in [0, 0.1) is 0 Å². The Morgan fingerprint density at radius 1 is 1.04 bits per heavy atom. The molecule has 0 aromatic heterocycles. The number of carbonyl (C=O) groups excluding carboxylic acids is 1. The Morgan fingerprint density at radius 3 is 2.21 bits per heavy atom. The van der Waals surface area contributed by atoms with Gasteiger partial charge in [-0.15, -0.1) is 0 Å². The normalized spacial score (nSPS) is 16.9. The van der Waals surface area contributed by atoms with Crippen molar-refractivity contribution in [2.75, 3.05) is 34.4 Å². The number of rotatable bonds is 10. The molecule has 6 nitrogen and oxygen atoms in total. The second kappa shape index (κ2) is 11.0. The van der Waals surface area contributed by atoms with E-state index in [1.54, 1.807) is 26.2 Å². The fourth-order valence-electron chi connectivity index (χ4n) is 2.81. The van der Waals surface area contributed by atoms with Gasteiger partial charge in [0.05, 0.1) is 26.2 Å². The number of hydrogen-bond donors (Lipinski definition) is 0. The number of benzene rings is 1. The average molecular weight is 407 g/mol. The summed E-state index contributed by atoms with van der Waals surface area (Å²) in [6.07, 6.45) is 5.95. The third-order valence-electron chi connectivity index (χ3n) is 4.37. The van der Waals surface area contributed by atoms with Crippen LogP contribution in [-0.2, 0) is 4.79 Å². The Balaban J connectivity index is 2.36. The van der Waals surface area contributed by atoms with E-state index in [0.29, 0.717) is 28.7 Å². The van der Waals surface area contributed by atoms with Crippen LogP contribution in [0.25, 0.3) is 6.08 Å². The molecule has 1 aromatic rings. The highest BCUT2D eigenvalue weighted by atomic mass is 32.2. The van der Waals surface area contributed by atoms with E-state index < -0.39 is 0 Å². The third-order valence-corrected chi connectivity index (χ3v) is 5.41. The maximum absolute atomic E-state index is 13.0. The van der Waals surface area contributed by atoms with Gasteiger partial charge in [-0.25, -0.2) is 0 Å². The van der Waals surface area contributed by atoms with E-state index in [4.69, 9.17) is 14.2 Å². The lowest BCUT2D eigenvalue weighted by Gasteiger charge is -2.15.